The lowest BCUT2D eigenvalue weighted by molar-refractivity contribution is -0.870. The number of phosphoric acid groups is 1. The molecule has 496 valence electrons. The molecule has 0 aromatic rings. The summed E-state index contributed by atoms with van der Waals surface area (Å²) in [6.45, 7) is 4.63. The summed E-state index contributed by atoms with van der Waals surface area (Å²) in [5, 5.41) is 14.1. The third kappa shape index (κ3) is 68.4. The van der Waals surface area contributed by atoms with Crippen molar-refractivity contribution in [1.82, 2.24) is 5.32 Å². The van der Waals surface area contributed by atoms with E-state index in [1.54, 1.807) is 0 Å². The van der Waals surface area contributed by atoms with E-state index in [-0.39, 0.29) is 19.1 Å². The molecule has 9 heteroatoms. The zero-order valence-corrected chi connectivity index (χ0v) is 57.6. The lowest BCUT2D eigenvalue weighted by Gasteiger charge is -2.30. The second kappa shape index (κ2) is 66.3. The Hall–Kier alpha value is -3.10. The number of rotatable bonds is 65. The molecule has 0 aliphatic carbocycles. The van der Waals surface area contributed by atoms with Crippen molar-refractivity contribution in [3.63, 3.8) is 0 Å². The minimum absolute atomic E-state index is 0.00705. The number of hydrogen-bond donors (Lipinski definition) is 2. The standard InChI is InChI=1S/C77H137N2O6P/c1-6-8-10-12-14-16-18-20-22-24-26-28-30-31-32-33-34-35-36-37-38-39-40-41-42-43-44-45-46-47-49-51-53-55-57-59-61-63-65-67-69-71-77(81)78-75(74-85-86(82,83)84-73-72-79(3,4)5)76(80)70-68-66-64-62-60-58-56-54-52-50-48-29-27-25-23-21-19-17-15-13-11-9-7-2/h8,10,14,16,20,22,26,28,31-32,34-35,37-38,40-41,43-44,46-47,75-76,80H,6-7,9,11-13,15,17-19,21,23-25,27,29-30,33,36,39,42,45,48-74H2,1-5H3,(H-,78,81,82,83)/b10-8-,16-14-,22-20-,28-26-,32-31-,35-34-,38-37-,41-40-,44-43-,47-46-. The topological polar surface area (TPSA) is 108 Å². The van der Waals surface area contributed by atoms with Gasteiger partial charge in [-0.05, 0) is 89.9 Å². The molecule has 86 heavy (non-hydrogen) atoms. The summed E-state index contributed by atoms with van der Waals surface area (Å²) in [7, 11) is 1.30. The van der Waals surface area contributed by atoms with E-state index in [2.05, 4.69) is 141 Å². The molecule has 2 N–H and O–H groups in total. The number of nitrogens with one attached hydrogen (secondary N) is 1. The summed E-state index contributed by atoms with van der Waals surface area (Å²) >= 11 is 0. The fraction of sp³-hybridized carbons (Fsp3) is 0.727. The van der Waals surface area contributed by atoms with Gasteiger partial charge in [0.05, 0.1) is 39.9 Å². The van der Waals surface area contributed by atoms with Gasteiger partial charge in [-0.3, -0.25) is 9.36 Å². The van der Waals surface area contributed by atoms with Crippen LogP contribution in [0.4, 0.5) is 0 Å². The van der Waals surface area contributed by atoms with Gasteiger partial charge in [0.15, 0.2) is 0 Å². The average molecular weight is 1220 g/mol. The fourth-order valence-corrected chi connectivity index (χ4v) is 10.9. The Kier molecular flexibility index (Phi) is 63.9. The predicted octanol–water partition coefficient (Wildman–Crippen LogP) is 22.6. The second-order valence-electron chi connectivity index (χ2n) is 25.2. The Morgan fingerprint density at radius 2 is 0.709 bits per heavy atom. The van der Waals surface area contributed by atoms with Crippen LogP contribution in [0.3, 0.4) is 0 Å². The highest BCUT2D eigenvalue weighted by Gasteiger charge is 2.24. The Morgan fingerprint density at radius 3 is 1.03 bits per heavy atom. The highest BCUT2D eigenvalue weighted by molar-refractivity contribution is 7.45. The molecule has 0 aliphatic heterocycles. The molecule has 0 aliphatic rings. The quantitative estimate of drug-likeness (QED) is 0.0272. The van der Waals surface area contributed by atoms with Crippen molar-refractivity contribution >= 4 is 13.7 Å². The molecular weight excluding hydrogens is 1080 g/mol. The number of nitrogens with zero attached hydrogens (tertiary/aromatic N) is 1. The van der Waals surface area contributed by atoms with E-state index in [4.69, 9.17) is 9.05 Å². The van der Waals surface area contributed by atoms with Gasteiger partial charge in [-0.2, -0.15) is 0 Å². The first-order chi connectivity index (χ1) is 42.0. The van der Waals surface area contributed by atoms with E-state index >= 15 is 0 Å². The van der Waals surface area contributed by atoms with Crippen molar-refractivity contribution < 1.29 is 32.9 Å². The number of carbonyl (C=O) groups is 1. The van der Waals surface area contributed by atoms with Crippen molar-refractivity contribution in [3.8, 4) is 0 Å². The number of aliphatic hydroxyl groups excluding tert-OH is 1. The van der Waals surface area contributed by atoms with Gasteiger partial charge < -0.3 is 28.8 Å². The normalized spacial score (nSPS) is 14.4. The molecule has 3 unspecified atom stereocenters. The van der Waals surface area contributed by atoms with E-state index in [0.29, 0.717) is 23.9 Å². The van der Waals surface area contributed by atoms with Gasteiger partial charge >= 0.3 is 0 Å². The minimum Gasteiger partial charge on any atom is -0.756 e. The average Bonchev–Trinajstić information content (AvgIpc) is 3.70. The van der Waals surface area contributed by atoms with Crippen LogP contribution in [-0.4, -0.2) is 68.5 Å². The monoisotopic (exact) mass is 1220 g/mol. The van der Waals surface area contributed by atoms with Crippen molar-refractivity contribution in [2.45, 2.75) is 321 Å². The molecule has 0 saturated carbocycles. The van der Waals surface area contributed by atoms with Crippen LogP contribution in [-0.2, 0) is 18.4 Å². The molecule has 0 spiro atoms. The highest BCUT2D eigenvalue weighted by Crippen LogP contribution is 2.38. The third-order valence-electron chi connectivity index (χ3n) is 15.7. The number of amides is 1. The number of quaternary nitrogens is 1. The van der Waals surface area contributed by atoms with E-state index in [1.807, 2.05) is 21.1 Å². The number of hydrogen-bond acceptors (Lipinski definition) is 6. The number of allylic oxidation sites excluding steroid dienone is 20. The molecule has 0 aromatic carbocycles. The summed E-state index contributed by atoms with van der Waals surface area (Å²) < 4.78 is 23.5. The van der Waals surface area contributed by atoms with Crippen LogP contribution >= 0.6 is 7.82 Å². The van der Waals surface area contributed by atoms with E-state index in [9.17, 15) is 19.4 Å². The van der Waals surface area contributed by atoms with Crippen LogP contribution in [0, 0.1) is 0 Å². The van der Waals surface area contributed by atoms with E-state index in [1.165, 1.54) is 173 Å². The lowest BCUT2D eigenvalue weighted by atomic mass is 10.0. The summed E-state index contributed by atoms with van der Waals surface area (Å²) in [5.41, 5.74) is 0. The fourth-order valence-electron chi connectivity index (χ4n) is 10.2. The molecule has 1 amide bonds. The SMILES string of the molecule is CC/C=C\C/C=C\C/C=C\C/C=C\C/C=C\C/C=C\C/C=C\C/C=C\C/C=C\C/C=C\CCCCCCCCCCCCC(=O)NC(COP(=O)([O-])OCC[N+](C)(C)C)C(O)CCCCCCCCCCCCCCCCCCCCCCCCC. The van der Waals surface area contributed by atoms with Crippen molar-refractivity contribution in [3.05, 3.63) is 122 Å². The van der Waals surface area contributed by atoms with E-state index in [0.717, 1.165) is 109 Å². The number of likely N-dealkylation sites (N-methyl/N-ethyl adjacent to an activating group) is 1. The maximum Gasteiger partial charge on any atom is 0.268 e. The van der Waals surface area contributed by atoms with Crippen molar-refractivity contribution in [2.75, 3.05) is 40.9 Å². The van der Waals surface area contributed by atoms with Gasteiger partial charge in [-0.1, -0.05) is 334 Å². The maximum atomic E-state index is 13.1. The van der Waals surface area contributed by atoms with Gasteiger partial charge in [-0.25, -0.2) is 0 Å². The highest BCUT2D eigenvalue weighted by atomic mass is 31.2. The molecule has 3 atom stereocenters. The molecule has 8 nitrogen and oxygen atoms in total. The lowest BCUT2D eigenvalue weighted by Crippen LogP contribution is -2.46. The largest absolute Gasteiger partial charge is 0.756 e. The Balaban J connectivity index is 4.07. The Labute approximate surface area is 533 Å². The first-order valence-corrected chi connectivity index (χ1v) is 37.3. The van der Waals surface area contributed by atoms with Crippen molar-refractivity contribution in [2.24, 2.45) is 0 Å². The smallest absolute Gasteiger partial charge is 0.268 e. The van der Waals surface area contributed by atoms with E-state index < -0.39 is 20.0 Å². The molecular formula is C77H137N2O6P. The molecule has 0 radical (unpaired) electrons. The molecule has 0 rings (SSSR count). The first kappa shape index (κ1) is 82.9. The molecule has 0 aromatic heterocycles. The Morgan fingerprint density at radius 1 is 0.419 bits per heavy atom. The van der Waals surface area contributed by atoms with Crippen LogP contribution in [0.2, 0.25) is 0 Å². The zero-order valence-electron chi connectivity index (χ0n) is 56.7. The van der Waals surface area contributed by atoms with Gasteiger partial charge in [0.25, 0.3) is 7.82 Å². The first-order valence-electron chi connectivity index (χ1n) is 35.9. The summed E-state index contributed by atoms with van der Waals surface area (Å²) in [6, 6.07) is -0.812. The van der Waals surface area contributed by atoms with Crippen LogP contribution in [0.15, 0.2) is 122 Å². The van der Waals surface area contributed by atoms with Gasteiger partial charge in [0.1, 0.15) is 13.2 Å². The molecule has 0 bridgehead atoms. The maximum absolute atomic E-state index is 13.1. The summed E-state index contributed by atoms with van der Waals surface area (Å²) in [5.74, 6) is -0.170. The number of unbranched alkanes of at least 4 members (excludes halogenated alkanes) is 32. The minimum atomic E-state index is -4.59. The van der Waals surface area contributed by atoms with Gasteiger partial charge in [0, 0.05) is 6.42 Å². The zero-order chi connectivity index (χ0) is 62.6. The van der Waals surface area contributed by atoms with Gasteiger partial charge in [0.2, 0.25) is 5.91 Å². The van der Waals surface area contributed by atoms with Gasteiger partial charge in [-0.15, -0.1) is 0 Å². The third-order valence-corrected chi connectivity index (χ3v) is 16.7. The molecule has 0 fully saturated rings. The van der Waals surface area contributed by atoms with Crippen molar-refractivity contribution in [1.29, 1.82) is 0 Å². The number of aliphatic hydroxyl groups is 1. The van der Waals surface area contributed by atoms with Crippen LogP contribution in [0.5, 0.6) is 0 Å². The number of phosphoric ester groups is 1. The second-order valence-corrected chi connectivity index (χ2v) is 26.6. The van der Waals surface area contributed by atoms with Crippen LogP contribution in [0.1, 0.15) is 309 Å². The predicted molar refractivity (Wildman–Crippen MR) is 375 cm³/mol. The molecule has 0 heterocycles. The van der Waals surface area contributed by atoms with Crippen LogP contribution < -0.4 is 10.2 Å². The summed E-state index contributed by atoms with van der Waals surface area (Å²) in [4.78, 5) is 25.7. The number of carbonyl (C=O) groups excluding carboxylic acids is 1. The van der Waals surface area contributed by atoms with Crippen LogP contribution in [0.25, 0.3) is 0 Å². The molecule has 0 saturated heterocycles. The summed E-state index contributed by atoms with van der Waals surface area (Å²) in [6.07, 6.45) is 98.4. The Bertz CT molecular complexity index is 1820.